The molecule has 0 aliphatic carbocycles. The van der Waals surface area contributed by atoms with E-state index in [-0.39, 0.29) is 0 Å². The van der Waals surface area contributed by atoms with E-state index >= 15 is 0 Å². The van der Waals surface area contributed by atoms with Gasteiger partial charge in [0.1, 0.15) is 6.29 Å². The summed E-state index contributed by atoms with van der Waals surface area (Å²) in [5, 5.41) is 2.06. The molecule has 1 aromatic rings. The van der Waals surface area contributed by atoms with Crippen LogP contribution < -0.4 is 9.47 Å². The first kappa shape index (κ1) is 19.5. The molecule has 3 nitrogen and oxygen atoms in total. The van der Waals surface area contributed by atoms with Crippen molar-refractivity contribution >= 4 is 38.1 Å². The van der Waals surface area contributed by atoms with Crippen LogP contribution in [0.15, 0.2) is 18.2 Å². The Bertz CT molecular complexity index is 424. The van der Waals surface area contributed by atoms with E-state index in [9.17, 15) is 4.79 Å². The molecular formula is C17H24Br2O3. The first-order valence-electron chi connectivity index (χ1n) is 7.78. The minimum atomic E-state index is 0.613. The second kappa shape index (κ2) is 12.9. The van der Waals surface area contributed by atoms with Crippen molar-refractivity contribution in [2.45, 2.75) is 38.5 Å². The summed E-state index contributed by atoms with van der Waals surface area (Å²) in [5.74, 6) is 1.40. The molecule has 0 N–H and O–H groups in total. The van der Waals surface area contributed by atoms with E-state index in [0.29, 0.717) is 24.5 Å². The fourth-order valence-electron chi connectivity index (χ4n) is 1.94. The molecule has 0 atom stereocenters. The standard InChI is InChI=1S/C17H24Br2O3/c18-9-3-1-5-11-21-16-8-7-15(14-20)13-17(16)22-12-6-2-4-10-19/h7-8,13-14H,1-6,9-12H2. The van der Waals surface area contributed by atoms with E-state index in [4.69, 9.17) is 9.47 Å². The van der Waals surface area contributed by atoms with Gasteiger partial charge >= 0.3 is 0 Å². The Labute approximate surface area is 150 Å². The molecule has 5 heteroatoms. The molecule has 0 amide bonds. The summed E-state index contributed by atoms with van der Waals surface area (Å²) >= 11 is 6.84. The molecule has 0 aromatic heterocycles. The molecule has 0 fully saturated rings. The van der Waals surface area contributed by atoms with Gasteiger partial charge < -0.3 is 9.47 Å². The normalized spacial score (nSPS) is 10.5. The highest BCUT2D eigenvalue weighted by atomic mass is 79.9. The third-order valence-electron chi connectivity index (χ3n) is 3.17. The Morgan fingerprint density at radius 1 is 0.818 bits per heavy atom. The molecule has 0 unspecified atom stereocenters. The summed E-state index contributed by atoms with van der Waals surface area (Å²) in [6, 6.07) is 5.34. The van der Waals surface area contributed by atoms with E-state index in [1.165, 1.54) is 0 Å². The van der Waals surface area contributed by atoms with Gasteiger partial charge in [-0.3, -0.25) is 4.79 Å². The molecule has 124 valence electrons. The van der Waals surface area contributed by atoms with Gasteiger partial charge in [-0.25, -0.2) is 0 Å². The van der Waals surface area contributed by atoms with Crippen LogP contribution in [-0.4, -0.2) is 30.2 Å². The van der Waals surface area contributed by atoms with Gasteiger partial charge in [0.05, 0.1) is 13.2 Å². The number of aldehydes is 1. The smallest absolute Gasteiger partial charge is 0.161 e. The topological polar surface area (TPSA) is 35.5 Å². The van der Waals surface area contributed by atoms with Crippen molar-refractivity contribution in [3.05, 3.63) is 23.8 Å². The average Bonchev–Trinajstić information content (AvgIpc) is 2.55. The Hall–Kier alpha value is -0.550. The van der Waals surface area contributed by atoms with E-state index < -0.39 is 0 Å². The van der Waals surface area contributed by atoms with Crippen LogP contribution in [0.4, 0.5) is 0 Å². The molecule has 0 spiro atoms. The number of ether oxygens (including phenoxy) is 2. The predicted octanol–water partition coefficient (Wildman–Crippen LogP) is 5.39. The summed E-state index contributed by atoms with van der Waals surface area (Å²) in [4.78, 5) is 10.9. The summed E-state index contributed by atoms with van der Waals surface area (Å²) in [6.07, 6.45) is 7.42. The zero-order chi connectivity index (χ0) is 16.0. The monoisotopic (exact) mass is 434 g/mol. The zero-order valence-electron chi connectivity index (χ0n) is 12.9. The second-order valence-corrected chi connectivity index (χ2v) is 6.61. The lowest BCUT2D eigenvalue weighted by Gasteiger charge is -2.13. The number of hydrogen-bond donors (Lipinski definition) is 0. The molecule has 1 aromatic carbocycles. The fraction of sp³-hybridized carbons (Fsp3) is 0.588. The third kappa shape index (κ3) is 8.18. The highest BCUT2D eigenvalue weighted by Gasteiger charge is 2.07. The molecule has 0 heterocycles. The van der Waals surface area contributed by atoms with E-state index in [2.05, 4.69) is 31.9 Å². The molecule has 0 saturated carbocycles. The number of halogens is 2. The second-order valence-electron chi connectivity index (χ2n) is 5.02. The van der Waals surface area contributed by atoms with Crippen molar-refractivity contribution in [1.29, 1.82) is 0 Å². The lowest BCUT2D eigenvalue weighted by molar-refractivity contribution is 0.112. The molecule has 0 aliphatic rings. The Morgan fingerprint density at radius 3 is 1.95 bits per heavy atom. The van der Waals surface area contributed by atoms with Crippen molar-refractivity contribution in [3.8, 4) is 11.5 Å². The first-order chi connectivity index (χ1) is 10.8. The van der Waals surface area contributed by atoms with Gasteiger partial charge in [-0.15, -0.1) is 0 Å². The summed E-state index contributed by atoms with van der Waals surface area (Å²) in [5.41, 5.74) is 0.613. The maximum absolute atomic E-state index is 10.9. The maximum atomic E-state index is 10.9. The van der Waals surface area contributed by atoms with Crippen molar-refractivity contribution in [2.24, 2.45) is 0 Å². The van der Waals surface area contributed by atoms with Crippen LogP contribution in [0.25, 0.3) is 0 Å². The van der Waals surface area contributed by atoms with Gasteiger partial charge in [0.15, 0.2) is 11.5 Å². The van der Waals surface area contributed by atoms with E-state index in [0.717, 1.165) is 61.2 Å². The summed E-state index contributed by atoms with van der Waals surface area (Å²) < 4.78 is 11.6. The van der Waals surface area contributed by atoms with Crippen molar-refractivity contribution < 1.29 is 14.3 Å². The number of carbonyl (C=O) groups excluding carboxylic acids is 1. The first-order valence-corrected chi connectivity index (χ1v) is 10.0. The van der Waals surface area contributed by atoms with E-state index in [1.54, 1.807) is 12.1 Å². The van der Waals surface area contributed by atoms with Gasteiger partial charge in [-0.2, -0.15) is 0 Å². The largest absolute Gasteiger partial charge is 0.490 e. The summed E-state index contributed by atoms with van der Waals surface area (Å²) in [6.45, 7) is 1.32. The van der Waals surface area contributed by atoms with Gasteiger partial charge in [0.25, 0.3) is 0 Å². The van der Waals surface area contributed by atoms with Crippen LogP contribution in [-0.2, 0) is 0 Å². The van der Waals surface area contributed by atoms with Crippen LogP contribution in [0.3, 0.4) is 0 Å². The van der Waals surface area contributed by atoms with Gasteiger partial charge in [0.2, 0.25) is 0 Å². The zero-order valence-corrected chi connectivity index (χ0v) is 16.0. The average molecular weight is 436 g/mol. The van der Waals surface area contributed by atoms with Crippen LogP contribution in [0, 0.1) is 0 Å². The Balaban J connectivity index is 2.48. The van der Waals surface area contributed by atoms with Crippen LogP contribution >= 0.6 is 31.9 Å². The number of hydrogen-bond acceptors (Lipinski definition) is 3. The van der Waals surface area contributed by atoms with Crippen molar-refractivity contribution in [1.82, 2.24) is 0 Å². The molecular weight excluding hydrogens is 412 g/mol. The van der Waals surface area contributed by atoms with E-state index in [1.807, 2.05) is 6.07 Å². The van der Waals surface area contributed by atoms with Gasteiger partial charge in [0, 0.05) is 16.2 Å². The minimum Gasteiger partial charge on any atom is -0.490 e. The molecule has 1 rings (SSSR count). The maximum Gasteiger partial charge on any atom is 0.161 e. The number of carbonyl (C=O) groups is 1. The van der Waals surface area contributed by atoms with Crippen molar-refractivity contribution in [2.75, 3.05) is 23.9 Å². The SMILES string of the molecule is O=Cc1ccc(OCCCCCBr)c(OCCCCCBr)c1. The molecule has 0 aliphatic heterocycles. The fourth-order valence-corrected chi connectivity index (χ4v) is 2.73. The predicted molar refractivity (Wildman–Crippen MR) is 98.1 cm³/mol. The van der Waals surface area contributed by atoms with Crippen LogP contribution in [0.2, 0.25) is 0 Å². The van der Waals surface area contributed by atoms with Crippen LogP contribution in [0.1, 0.15) is 48.9 Å². The molecule has 0 radical (unpaired) electrons. The molecule has 22 heavy (non-hydrogen) atoms. The molecule has 0 bridgehead atoms. The van der Waals surface area contributed by atoms with Gasteiger partial charge in [-0.1, -0.05) is 31.9 Å². The Kier molecular flexibility index (Phi) is 11.5. The lowest BCUT2D eigenvalue weighted by Crippen LogP contribution is -2.03. The van der Waals surface area contributed by atoms with Gasteiger partial charge in [-0.05, 0) is 56.7 Å². The lowest BCUT2D eigenvalue weighted by atomic mass is 10.2. The molecule has 0 saturated heterocycles. The number of rotatable bonds is 13. The Morgan fingerprint density at radius 2 is 1.41 bits per heavy atom. The number of benzene rings is 1. The highest BCUT2D eigenvalue weighted by Crippen LogP contribution is 2.28. The highest BCUT2D eigenvalue weighted by molar-refractivity contribution is 9.09. The summed E-state index contributed by atoms with van der Waals surface area (Å²) in [7, 11) is 0. The number of unbranched alkanes of at least 4 members (excludes halogenated alkanes) is 4. The minimum absolute atomic E-state index is 0.613. The van der Waals surface area contributed by atoms with Crippen molar-refractivity contribution in [3.63, 3.8) is 0 Å². The van der Waals surface area contributed by atoms with Crippen LogP contribution in [0.5, 0.6) is 11.5 Å². The quantitative estimate of drug-likeness (QED) is 0.237. The number of alkyl halides is 2. The third-order valence-corrected chi connectivity index (χ3v) is 4.30.